The molecule has 0 aliphatic carbocycles. The number of aromatic nitrogens is 1. The zero-order valence-electron chi connectivity index (χ0n) is 9.08. The maximum absolute atomic E-state index is 13.5. The number of pyridine rings is 1. The van der Waals surface area contributed by atoms with Gasteiger partial charge in [0.15, 0.2) is 0 Å². The highest BCUT2D eigenvalue weighted by molar-refractivity contribution is 9.10. The lowest BCUT2D eigenvalue weighted by atomic mass is 10.3. The fraction of sp³-hybridized carbons (Fsp3) is 0.0833. The minimum Gasteiger partial charge on any atom is -0.353 e. The first-order valence-corrected chi connectivity index (χ1v) is 5.74. The van der Waals surface area contributed by atoms with Crippen LogP contribution in [0.15, 0.2) is 45.8 Å². The lowest BCUT2D eigenvalue weighted by Crippen LogP contribution is -2.14. The minimum atomic E-state index is -0.375. The van der Waals surface area contributed by atoms with E-state index in [4.69, 9.17) is 0 Å². The van der Waals surface area contributed by atoms with Crippen LogP contribution in [0.5, 0.6) is 0 Å². The second-order valence-corrected chi connectivity index (χ2v) is 4.53. The molecule has 0 atom stereocenters. The first kappa shape index (κ1) is 11.9. The number of hydrogen-bond donors (Lipinski definition) is 1. The van der Waals surface area contributed by atoms with E-state index in [0.717, 1.165) is 0 Å². The fourth-order valence-electron chi connectivity index (χ4n) is 1.37. The van der Waals surface area contributed by atoms with E-state index in [2.05, 4.69) is 21.2 Å². The quantitative estimate of drug-likeness (QED) is 0.924. The lowest BCUT2D eigenvalue weighted by molar-refractivity contribution is 0.631. The summed E-state index contributed by atoms with van der Waals surface area (Å²) in [5.74, 6) is -0.375. The highest BCUT2D eigenvalue weighted by atomic mass is 79.9. The van der Waals surface area contributed by atoms with Crippen LogP contribution in [0, 0.1) is 5.82 Å². The zero-order valence-corrected chi connectivity index (χ0v) is 10.7. The first-order valence-electron chi connectivity index (χ1n) is 4.95. The van der Waals surface area contributed by atoms with Gasteiger partial charge in [0.1, 0.15) is 5.82 Å². The number of aryl methyl sites for hydroxylation is 1. The van der Waals surface area contributed by atoms with E-state index < -0.39 is 0 Å². The third-order valence-electron chi connectivity index (χ3n) is 2.31. The van der Waals surface area contributed by atoms with Crippen molar-refractivity contribution in [3.8, 4) is 0 Å². The Bertz CT molecular complexity index is 610. The number of nitrogens with one attached hydrogen (secondary N) is 1. The molecule has 3 nitrogen and oxygen atoms in total. The van der Waals surface area contributed by atoms with Crippen molar-refractivity contribution in [3.05, 3.63) is 57.2 Å². The normalized spacial score (nSPS) is 10.3. The Morgan fingerprint density at radius 3 is 2.71 bits per heavy atom. The summed E-state index contributed by atoms with van der Waals surface area (Å²) < 4.78 is 15.7. The van der Waals surface area contributed by atoms with Gasteiger partial charge in [0.25, 0.3) is 5.56 Å². The molecule has 0 fully saturated rings. The molecule has 0 saturated carbocycles. The Hall–Kier alpha value is -1.62. The molecule has 88 valence electrons. The van der Waals surface area contributed by atoms with Gasteiger partial charge in [0.2, 0.25) is 0 Å². The molecule has 0 saturated heterocycles. The molecule has 0 radical (unpaired) electrons. The summed E-state index contributed by atoms with van der Waals surface area (Å²) in [7, 11) is 1.66. The van der Waals surface area contributed by atoms with Gasteiger partial charge < -0.3 is 9.88 Å². The van der Waals surface area contributed by atoms with Crippen LogP contribution in [0.3, 0.4) is 0 Å². The second kappa shape index (κ2) is 4.71. The van der Waals surface area contributed by atoms with Gasteiger partial charge >= 0.3 is 0 Å². The second-order valence-electron chi connectivity index (χ2n) is 3.61. The monoisotopic (exact) mass is 296 g/mol. The number of hydrogen-bond acceptors (Lipinski definition) is 2. The molecule has 1 aromatic heterocycles. The van der Waals surface area contributed by atoms with Crippen LogP contribution in [0.2, 0.25) is 0 Å². The molecule has 0 aliphatic rings. The maximum Gasteiger partial charge on any atom is 0.252 e. The summed E-state index contributed by atoms with van der Waals surface area (Å²) in [5, 5.41) is 2.86. The molecule has 0 amide bonds. The molecule has 2 aromatic rings. The van der Waals surface area contributed by atoms with E-state index in [1.165, 1.54) is 16.7 Å². The van der Waals surface area contributed by atoms with Crippen molar-refractivity contribution >= 4 is 27.3 Å². The topological polar surface area (TPSA) is 34.0 Å². The Labute approximate surface area is 106 Å². The predicted octanol–water partition coefficient (Wildman–Crippen LogP) is 3.03. The number of nitrogens with zero attached hydrogens (tertiary/aromatic N) is 1. The van der Waals surface area contributed by atoms with Gasteiger partial charge in [0.05, 0.1) is 5.69 Å². The molecule has 1 aromatic carbocycles. The van der Waals surface area contributed by atoms with E-state index in [-0.39, 0.29) is 11.4 Å². The van der Waals surface area contributed by atoms with Crippen molar-refractivity contribution in [3.63, 3.8) is 0 Å². The van der Waals surface area contributed by atoms with Crippen molar-refractivity contribution in [1.29, 1.82) is 0 Å². The summed E-state index contributed by atoms with van der Waals surface area (Å²) in [6.07, 6.45) is 1.63. The molecular weight excluding hydrogens is 287 g/mol. The fourth-order valence-corrected chi connectivity index (χ4v) is 1.71. The maximum atomic E-state index is 13.5. The van der Waals surface area contributed by atoms with Crippen LogP contribution in [0.1, 0.15) is 0 Å². The Morgan fingerprint density at radius 1 is 1.29 bits per heavy atom. The third kappa shape index (κ3) is 2.74. The molecule has 5 heteroatoms. The van der Waals surface area contributed by atoms with E-state index in [1.807, 2.05) is 0 Å². The van der Waals surface area contributed by atoms with Crippen LogP contribution in [0.25, 0.3) is 0 Å². The molecule has 17 heavy (non-hydrogen) atoms. The van der Waals surface area contributed by atoms with Crippen LogP contribution < -0.4 is 10.9 Å². The van der Waals surface area contributed by atoms with E-state index in [9.17, 15) is 9.18 Å². The highest BCUT2D eigenvalue weighted by Gasteiger charge is 2.03. The number of anilines is 2. The van der Waals surface area contributed by atoms with Crippen molar-refractivity contribution in [2.24, 2.45) is 7.05 Å². The summed E-state index contributed by atoms with van der Waals surface area (Å²) in [6.45, 7) is 0. The summed E-state index contributed by atoms with van der Waals surface area (Å²) in [4.78, 5) is 11.4. The van der Waals surface area contributed by atoms with Gasteiger partial charge in [0, 0.05) is 29.5 Å². The molecule has 2 rings (SSSR count). The molecule has 0 unspecified atom stereocenters. The Kier molecular flexibility index (Phi) is 3.28. The van der Waals surface area contributed by atoms with Crippen molar-refractivity contribution in [1.82, 2.24) is 4.57 Å². The highest BCUT2D eigenvalue weighted by Crippen LogP contribution is 2.22. The Balaban J connectivity index is 2.31. The van der Waals surface area contributed by atoms with Crippen molar-refractivity contribution in [2.75, 3.05) is 5.32 Å². The van der Waals surface area contributed by atoms with Crippen molar-refractivity contribution in [2.45, 2.75) is 0 Å². The van der Waals surface area contributed by atoms with Gasteiger partial charge in [-0.1, -0.05) is 15.9 Å². The van der Waals surface area contributed by atoms with Gasteiger partial charge in [-0.2, -0.15) is 0 Å². The van der Waals surface area contributed by atoms with E-state index in [1.54, 1.807) is 31.4 Å². The van der Waals surface area contributed by atoms with Crippen LogP contribution >= 0.6 is 15.9 Å². The molecule has 1 heterocycles. The van der Waals surface area contributed by atoms with Gasteiger partial charge in [-0.25, -0.2) is 4.39 Å². The SMILES string of the molecule is Cn1ccc(Nc2ccc(Br)cc2F)cc1=O. The standard InChI is InChI=1S/C12H10BrFN2O/c1-16-5-4-9(7-12(16)17)15-11-3-2-8(13)6-10(11)14/h2-7,15H,1H3. The lowest BCUT2D eigenvalue weighted by Gasteiger charge is -2.08. The van der Waals surface area contributed by atoms with Crippen LogP contribution in [0.4, 0.5) is 15.8 Å². The van der Waals surface area contributed by atoms with Crippen LogP contribution in [-0.2, 0) is 7.05 Å². The summed E-state index contributed by atoms with van der Waals surface area (Å²) >= 11 is 3.18. The van der Waals surface area contributed by atoms with Gasteiger partial charge in [-0.05, 0) is 24.3 Å². The van der Waals surface area contributed by atoms with Crippen molar-refractivity contribution < 1.29 is 4.39 Å². The third-order valence-corrected chi connectivity index (χ3v) is 2.81. The van der Waals surface area contributed by atoms with Crippen LogP contribution in [-0.4, -0.2) is 4.57 Å². The first-order chi connectivity index (χ1) is 8.06. The largest absolute Gasteiger partial charge is 0.353 e. The molecule has 0 bridgehead atoms. The molecule has 0 spiro atoms. The number of rotatable bonds is 2. The summed E-state index contributed by atoms with van der Waals surface area (Å²) in [6, 6.07) is 7.83. The molecular formula is C12H10BrFN2O. The van der Waals surface area contributed by atoms with E-state index >= 15 is 0 Å². The molecule has 1 N–H and O–H groups in total. The number of benzene rings is 1. The minimum absolute atomic E-state index is 0.146. The molecule has 0 aliphatic heterocycles. The average molecular weight is 297 g/mol. The Morgan fingerprint density at radius 2 is 2.06 bits per heavy atom. The van der Waals surface area contributed by atoms with E-state index in [0.29, 0.717) is 15.8 Å². The number of halogens is 2. The zero-order chi connectivity index (χ0) is 12.4. The average Bonchev–Trinajstić information content (AvgIpc) is 2.27. The predicted molar refractivity (Wildman–Crippen MR) is 69.1 cm³/mol. The van der Waals surface area contributed by atoms with Gasteiger partial charge in [-0.3, -0.25) is 4.79 Å². The smallest absolute Gasteiger partial charge is 0.252 e. The van der Waals surface area contributed by atoms with Gasteiger partial charge in [-0.15, -0.1) is 0 Å². The summed E-state index contributed by atoms with van der Waals surface area (Å²) in [5.41, 5.74) is 0.753.